The van der Waals surface area contributed by atoms with Crippen LogP contribution in [0.1, 0.15) is 11.1 Å². The molecule has 0 aliphatic rings. The second-order valence-corrected chi connectivity index (χ2v) is 5.30. The molecule has 2 aromatic rings. The summed E-state index contributed by atoms with van der Waals surface area (Å²) in [5.41, 5.74) is 1.30. The molecule has 12 nitrogen and oxygen atoms in total. The Morgan fingerprint density at radius 3 is 1.10 bits per heavy atom. The van der Waals surface area contributed by atoms with Gasteiger partial charge in [-0.1, -0.05) is 60.7 Å². The number of hydrogen-bond donors (Lipinski definition) is 4. The van der Waals surface area contributed by atoms with Gasteiger partial charge in [-0.15, -0.1) is 10.1 Å². The Morgan fingerprint density at radius 1 is 0.613 bits per heavy atom. The van der Waals surface area contributed by atoms with E-state index in [0.717, 1.165) is 0 Å². The SMILES string of the molecule is O=C(O)N(O)C(=O)Cc1ccccc1.O=C(O)N(O)C(=O)Cc1ccccc1.[Mo+4].[O-2].[O-2]. The van der Waals surface area contributed by atoms with Gasteiger partial charge in [-0.2, -0.15) is 0 Å². The van der Waals surface area contributed by atoms with Crippen LogP contribution in [-0.4, -0.2) is 54.8 Å². The molecular weight excluding hydrogens is 500 g/mol. The number of benzene rings is 2. The number of carbonyl (C=O) groups is 4. The van der Waals surface area contributed by atoms with E-state index in [9.17, 15) is 19.2 Å². The smallest absolute Gasteiger partial charge is 2.00 e. The van der Waals surface area contributed by atoms with Gasteiger partial charge in [0.2, 0.25) is 0 Å². The first-order valence-corrected chi connectivity index (χ1v) is 7.79. The zero-order valence-corrected chi connectivity index (χ0v) is 17.7. The number of amides is 4. The van der Waals surface area contributed by atoms with Gasteiger partial charge in [-0.25, -0.2) is 9.59 Å². The summed E-state index contributed by atoms with van der Waals surface area (Å²) >= 11 is 0. The van der Waals surface area contributed by atoms with Gasteiger partial charge >= 0.3 is 33.3 Å². The maximum atomic E-state index is 11.0. The standard InChI is InChI=1S/2C9H9NO4.Mo.2O/c2*11-8(10(14)9(12)13)6-7-4-2-1-3-5-7;;;/h2*1-5,14H,6H2,(H,12,13);;;/q;;+4;2*-2. The summed E-state index contributed by atoms with van der Waals surface area (Å²) in [7, 11) is 0. The van der Waals surface area contributed by atoms with Gasteiger partial charge in [0.15, 0.2) is 0 Å². The summed E-state index contributed by atoms with van der Waals surface area (Å²) in [6.07, 6.45) is -3.62. The molecule has 166 valence electrons. The van der Waals surface area contributed by atoms with Crippen LogP contribution in [0.2, 0.25) is 0 Å². The van der Waals surface area contributed by atoms with Crippen molar-refractivity contribution in [2.45, 2.75) is 12.8 Å². The molecule has 0 bridgehead atoms. The van der Waals surface area contributed by atoms with Crippen LogP contribution < -0.4 is 0 Å². The molecule has 0 aliphatic carbocycles. The van der Waals surface area contributed by atoms with Crippen molar-refractivity contribution in [1.82, 2.24) is 10.1 Å². The number of rotatable bonds is 4. The first-order valence-electron chi connectivity index (χ1n) is 7.79. The van der Waals surface area contributed by atoms with Crippen LogP contribution in [0.5, 0.6) is 0 Å². The second-order valence-electron chi connectivity index (χ2n) is 5.30. The maximum Gasteiger partial charge on any atom is 4.00 e. The van der Waals surface area contributed by atoms with E-state index in [1.807, 2.05) is 0 Å². The molecule has 2 aromatic carbocycles. The fraction of sp³-hybridized carbons (Fsp3) is 0.111. The predicted octanol–water partition coefficient (Wildman–Crippen LogP) is 2.01. The minimum atomic E-state index is -1.68. The number of hydroxylamine groups is 4. The Labute approximate surface area is 190 Å². The summed E-state index contributed by atoms with van der Waals surface area (Å²) in [6, 6.07) is 17.2. The van der Waals surface area contributed by atoms with Crippen LogP contribution in [0.4, 0.5) is 9.59 Å². The van der Waals surface area contributed by atoms with E-state index in [2.05, 4.69) is 0 Å². The van der Waals surface area contributed by atoms with Crippen molar-refractivity contribution in [2.75, 3.05) is 0 Å². The molecule has 0 radical (unpaired) electrons. The molecule has 0 unspecified atom stereocenters. The monoisotopic (exact) mass is 520 g/mol. The van der Waals surface area contributed by atoms with Gasteiger partial charge in [-0.3, -0.25) is 20.0 Å². The Bertz CT molecular complexity index is 751. The average Bonchev–Trinajstić information content (AvgIpc) is 2.68. The van der Waals surface area contributed by atoms with Crippen LogP contribution in [-0.2, 0) is 54.4 Å². The van der Waals surface area contributed by atoms with Crippen molar-refractivity contribution in [3.8, 4) is 0 Å². The first-order chi connectivity index (χ1) is 13.2. The molecule has 13 heteroatoms. The van der Waals surface area contributed by atoms with Crippen molar-refractivity contribution >= 4 is 24.0 Å². The number of carboxylic acid groups (broad SMARTS) is 2. The zero-order valence-electron chi connectivity index (χ0n) is 15.7. The van der Waals surface area contributed by atoms with Gasteiger partial charge in [0, 0.05) is 0 Å². The summed E-state index contributed by atoms with van der Waals surface area (Å²) in [4.78, 5) is 42.5. The van der Waals surface area contributed by atoms with Crippen LogP contribution >= 0.6 is 0 Å². The number of hydrogen-bond acceptors (Lipinski definition) is 6. The number of carbonyl (C=O) groups excluding carboxylic acids is 2. The summed E-state index contributed by atoms with van der Waals surface area (Å²) in [5.74, 6) is -1.74. The third-order valence-electron chi connectivity index (χ3n) is 3.23. The Kier molecular flexibility index (Phi) is 17.4. The molecule has 31 heavy (non-hydrogen) atoms. The van der Waals surface area contributed by atoms with E-state index in [0.29, 0.717) is 11.1 Å². The fourth-order valence-electron chi connectivity index (χ4n) is 1.90. The topological polar surface area (TPSA) is 213 Å². The third-order valence-corrected chi connectivity index (χ3v) is 3.23. The number of nitrogens with zero attached hydrogens (tertiary/aromatic N) is 2. The van der Waals surface area contributed by atoms with E-state index in [1.54, 1.807) is 60.7 Å². The van der Waals surface area contributed by atoms with Gasteiger partial charge in [0.1, 0.15) is 0 Å². The van der Waals surface area contributed by atoms with E-state index < -0.39 is 24.0 Å². The summed E-state index contributed by atoms with van der Waals surface area (Å²) in [5, 5.41) is 33.4. The van der Waals surface area contributed by atoms with E-state index in [4.69, 9.17) is 20.6 Å². The molecule has 4 N–H and O–H groups in total. The van der Waals surface area contributed by atoms with Crippen LogP contribution in [0, 0.1) is 0 Å². The zero-order chi connectivity index (χ0) is 21.1. The molecular formula is C18H18MoN2O10. The maximum absolute atomic E-state index is 11.0. The van der Waals surface area contributed by atoms with Crippen LogP contribution in [0.15, 0.2) is 60.7 Å². The molecule has 0 saturated carbocycles. The van der Waals surface area contributed by atoms with Crippen LogP contribution in [0.25, 0.3) is 0 Å². The molecule has 4 amide bonds. The molecule has 0 heterocycles. The normalized spacial score (nSPS) is 8.58. The van der Waals surface area contributed by atoms with E-state index in [-0.39, 0.29) is 55.0 Å². The molecule has 0 aliphatic heterocycles. The minimum Gasteiger partial charge on any atom is -2.00 e. The molecule has 0 spiro atoms. The fourth-order valence-corrected chi connectivity index (χ4v) is 1.90. The van der Waals surface area contributed by atoms with E-state index >= 15 is 0 Å². The first kappa shape index (κ1) is 32.5. The van der Waals surface area contributed by atoms with Crippen molar-refractivity contribution < 1.29 is 71.8 Å². The van der Waals surface area contributed by atoms with Crippen molar-refractivity contribution in [1.29, 1.82) is 0 Å². The molecule has 0 fully saturated rings. The van der Waals surface area contributed by atoms with Crippen molar-refractivity contribution in [3.63, 3.8) is 0 Å². The summed E-state index contributed by atoms with van der Waals surface area (Å²) in [6.45, 7) is 0. The van der Waals surface area contributed by atoms with Gasteiger partial charge in [0.05, 0.1) is 12.8 Å². The predicted molar refractivity (Wildman–Crippen MR) is 95.0 cm³/mol. The Morgan fingerprint density at radius 2 is 0.871 bits per heavy atom. The molecule has 0 saturated heterocycles. The third kappa shape index (κ3) is 12.2. The quantitative estimate of drug-likeness (QED) is 0.266. The van der Waals surface area contributed by atoms with Crippen molar-refractivity contribution in [2.24, 2.45) is 0 Å². The second kappa shape index (κ2) is 16.6. The minimum absolute atomic E-state index is 0. The molecule has 0 aromatic heterocycles. The molecule has 2 rings (SSSR count). The van der Waals surface area contributed by atoms with E-state index in [1.165, 1.54) is 0 Å². The Balaban J connectivity index is -0.000000461. The Hall–Kier alpha value is -3.15. The number of imide groups is 2. The van der Waals surface area contributed by atoms with Gasteiger partial charge in [0.25, 0.3) is 11.8 Å². The van der Waals surface area contributed by atoms with Crippen LogP contribution in [0.3, 0.4) is 0 Å². The summed E-state index contributed by atoms with van der Waals surface area (Å²) < 4.78 is 0. The van der Waals surface area contributed by atoms with Crippen molar-refractivity contribution in [3.05, 3.63) is 71.8 Å². The average molecular weight is 518 g/mol. The largest absolute Gasteiger partial charge is 4.00 e. The van der Waals surface area contributed by atoms with Gasteiger partial charge in [-0.05, 0) is 11.1 Å². The molecule has 0 atom stereocenters. The van der Waals surface area contributed by atoms with Gasteiger partial charge < -0.3 is 21.2 Å².